The third kappa shape index (κ3) is 7.00. The van der Waals surface area contributed by atoms with E-state index in [2.05, 4.69) is 9.97 Å². The summed E-state index contributed by atoms with van der Waals surface area (Å²) in [5.41, 5.74) is -1.20. The normalized spacial score (nSPS) is 16.2. The van der Waals surface area contributed by atoms with Crippen molar-refractivity contribution in [3.63, 3.8) is 0 Å². The number of carbonyl (C=O) groups is 2. The van der Waals surface area contributed by atoms with Crippen molar-refractivity contribution in [2.45, 2.75) is 44.6 Å². The lowest BCUT2D eigenvalue weighted by molar-refractivity contribution is -0.814. The van der Waals surface area contributed by atoms with Gasteiger partial charge in [-0.15, -0.1) is 0 Å². The van der Waals surface area contributed by atoms with E-state index in [0.717, 1.165) is 12.4 Å². The van der Waals surface area contributed by atoms with Crippen molar-refractivity contribution in [1.82, 2.24) is 9.97 Å². The van der Waals surface area contributed by atoms with Crippen molar-refractivity contribution in [1.29, 1.82) is 0 Å². The van der Waals surface area contributed by atoms with Crippen LogP contribution in [0.25, 0.3) is 0 Å². The maximum atomic E-state index is 11.8. The standard InChI is InChI=1S/C22H29N3O12P2/c1-12-20(30)16(14(5-23-12)9-38(32,33)34)3-22(11-25(22,7-18(26)27)8-19(28)29)4-17-15(10-39(35,36)37)6-24-13(2)21(17)31/h5-6H,3-4,7-11H2,1-2H3,(H7-,26,27,28,29,30,31,32,33,34,35,36,37)/p+1. The molecule has 8 N–H and O–H groups in total. The quantitative estimate of drug-likeness (QED) is 0.0945. The first-order valence-corrected chi connectivity index (χ1v) is 15.1. The van der Waals surface area contributed by atoms with Gasteiger partial charge in [-0.1, -0.05) is 0 Å². The van der Waals surface area contributed by atoms with Crippen molar-refractivity contribution in [3.8, 4) is 11.5 Å². The number of aryl methyl sites for hydroxylation is 2. The van der Waals surface area contributed by atoms with Gasteiger partial charge in [-0.2, -0.15) is 0 Å². The van der Waals surface area contributed by atoms with E-state index in [1.807, 2.05) is 0 Å². The molecule has 17 heteroatoms. The van der Waals surface area contributed by atoms with Gasteiger partial charge in [-0.05, 0) is 25.0 Å². The molecule has 15 nitrogen and oxygen atoms in total. The molecular formula is C22H30N3O12P2+. The van der Waals surface area contributed by atoms with Gasteiger partial charge in [-0.3, -0.25) is 23.6 Å². The molecule has 0 spiro atoms. The molecule has 0 radical (unpaired) electrons. The van der Waals surface area contributed by atoms with Crippen molar-refractivity contribution >= 4 is 27.1 Å². The minimum absolute atomic E-state index is 0.0170. The largest absolute Gasteiger partial charge is 0.506 e. The number of hydrogen-bond acceptors (Lipinski definition) is 8. The van der Waals surface area contributed by atoms with Crippen molar-refractivity contribution in [2.75, 3.05) is 19.6 Å². The Morgan fingerprint density at radius 3 is 1.49 bits per heavy atom. The molecule has 3 rings (SSSR count). The maximum Gasteiger partial charge on any atom is 0.359 e. The van der Waals surface area contributed by atoms with Gasteiger partial charge < -0.3 is 40.0 Å². The third-order valence-corrected chi connectivity index (χ3v) is 8.51. The van der Waals surface area contributed by atoms with Gasteiger partial charge in [0.2, 0.25) is 0 Å². The zero-order valence-corrected chi connectivity index (χ0v) is 22.8. The number of aromatic nitrogens is 2. The van der Waals surface area contributed by atoms with Crippen LogP contribution in [0.4, 0.5) is 0 Å². The topological polar surface area (TPSA) is 256 Å². The molecule has 39 heavy (non-hydrogen) atoms. The van der Waals surface area contributed by atoms with Gasteiger partial charge in [0.25, 0.3) is 0 Å². The summed E-state index contributed by atoms with van der Waals surface area (Å²) in [5, 5.41) is 41.0. The summed E-state index contributed by atoms with van der Waals surface area (Å²) in [6.07, 6.45) is 0.147. The molecule has 1 aliphatic heterocycles. The number of rotatable bonds is 12. The highest BCUT2D eigenvalue weighted by atomic mass is 31.2. The lowest BCUT2D eigenvalue weighted by Gasteiger charge is -2.27. The van der Waals surface area contributed by atoms with Crippen molar-refractivity contribution in [2.24, 2.45) is 0 Å². The number of pyridine rings is 2. The molecule has 0 saturated carbocycles. The fourth-order valence-electron chi connectivity index (χ4n) is 5.20. The molecular weight excluding hydrogens is 560 g/mol. The average molecular weight is 590 g/mol. The van der Waals surface area contributed by atoms with Gasteiger partial charge in [-0.25, -0.2) is 9.59 Å². The summed E-state index contributed by atoms with van der Waals surface area (Å²) >= 11 is 0. The fraction of sp³-hybridized carbons (Fsp3) is 0.455. The Labute approximate surface area is 222 Å². The van der Waals surface area contributed by atoms with E-state index in [1.54, 1.807) is 0 Å². The highest BCUT2D eigenvalue weighted by Gasteiger charge is 2.71. The van der Waals surface area contributed by atoms with Crippen LogP contribution < -0.4 is 0 Å². The highest BCUT2D eigenvalue weighted by molar-refractivity contribution is 7.51. The van der Waals surface area contributed by atoms with Crippen LogP contribution in [-0.2, 0) is 43.9 Å². The average Bonchev–Trinajstić information content (AvgIpc) is 3.34. The van der Waals surface area contributed by atoms with Crippen LogP contribution in [0.3, 0.4) is 0 Å². The predicted molar refractivity (Wildman–Crippen MR) is 133 cm³/mol. The summed E-state index contributed by atoms with van der Waals surface area (Å²) < 4.78 is 23.1. The first-order chi connectivity index (χ1) is 17.8. The number of aliphatic carboxylic acids is 2. The van der Waals surface area contributed by atoms with E-state index in [-0.39, 0.29) is 53.0 Å². The van der Waals surface area contributed by atoms with E-state index in [0.29, 0.717) is 0 Å². The molecule has 0 amide bonds. The predicted octanol–water partition coefficient (Wildman–Crippen LogP) is 0.384. The molecule has 2 aromatic heterocycles. The van der Waals surface area contributed by atoms with Crippen LogP contribution in [0.1, 0.15) is 33.6 Å². The van der Waals surface area contributed by atoms with E-state index in [4.69, 9.17) is 0 Å². The molecule has 3 heterocycles. The number of carboxylic acids is 2. The molecule has 1 saturated heterocycles. The smallest absolute Gasteiger partial charge is 0.359 e. The SMILES string of the molecule is Cc1ncc(CP(=O)(O)O)c(CC2(Cc3c(CP(=O)(O)O)cnc(C)c3O)C[N+]2(CC(=O)O)CC(=O)O)c1O. The number of nitrogens with zero attached hydrogens (tertiary/aromatic N) is 3. The van der Waals surface area contributed by atoms with Gasteiger partial charge in [0.1, 0.15) is 18.0 Å². The second kappa shape index (κ2) is 10.6. The minimum Gasteiger partial charge on any atom is -0.506 e. The van der Waals surface area contributed by atoms with Gasteiger partial charge in [0.05, 0.1) is 23.7 Å². The van der Waals surface area contributed by atoms with Gasteiger partial charge in [0, 0.05) is 36.4 Å². The Morgan fingerprint density at radius 2 is 1.18 bits per heavy atom. The number of carboxylic acid groups (broad SMARTS) is 2. The summed E-state index contributed by atoms with van der Waals surface area (Å²) in [6.45, 7) is 1.42. The Balaban J connectivity index is 2.25. The van der Waals surface area contributed by atoms with E-state index >= 15 is 0 Å². The molecule has 0 bridgehead atoms. The molecule has 1 aliphatic rings. The van der Waals surface area contributed by atoms with Gasteiger partial charge in [0.15, 0.2) is 18.6 Å². The second-order valence-electron chi connectivity index (χ2n) is 10.0. The van der Waals surface area contributed by atoms with Crippen molar-refractivity contribution in [3.05, 3.63) is 46.0 Å². The molecule has 0 aliphatic carbocycles. The Hall–Kier alpha value is -2.90. The Morgan fingerprint density at radius 1 is 0.821 bits per heavy atom. The number of aromatic hydroxyl groups is 2. The van der Waals surface area contributed by atoms with Crippen LogP contribution in [0.5, 0.6) is 11.5 Å². The lowest BCUT2D eigenvalue weighted by Crippen LogP contribution is -2.46. The Bertz CT molecular complexity index is 1320. The maximum absolute atomic E-state index is 11.8. The van der Waals surface area contributed by atoms with E-state index < -0.39 is 74.1 Å². The zero-order valence-electron chi connectivity index (χ0n) is 21.1. The first-order valence-electron chi connectivity index (χ1n) is 11.5. The van der Waals surface area contributed by atoms with Crippen LogP contribution in [0.2, 0.25) is 0 Å². The van der Waals surface area contributed by atoms with Crippen LogP contribution >= 0.6 is 15.2 Å². The molecule has 0 atom stereocenters. The summed E-state index contributed by atoms with van der Waals surface area (Å²) in [5.74, 6) is -3.51. The molecule has 0 unspecified atom stereocenters. The van der Waals surface area contributed by atoms with E-state index in [1.165, 1.54) is 13.8 Å². The fourth-order valence-corrected chi connectivity index (χ4v) is 6.63. The van der Waals surface area contributed by atoms with Crippen LogP contribution in [0, 0.1) is 13.8 Å². The summed E-state index contributed by atoms with van der Waals surface area (Å²) in [6, 6.07) is 0. The molecule has 1 fully saturated rings. The highest BCUT2D eigenvalue weighted by Crippen LogP contribution is 2.52. The Kier molecular flexibility index (Phi) is 8.31. The lowest BCUT2D eigenvalue weighted by atomic mass is 9.87. The van der Waals surface area contributed by atoms with Crippen LogP contribution in [0.15, 0.2) is 12.4 Å². The summed E-state index contributed by atoms with van der Waals surface area (Å²) in [7, 11) is -9.33. The van der Waals surface area contributed by atoms with Crippen LogP contribution in [-0.4, -0.2) is 91.6 Å². The van der Waals surface area contributed by atoms with Crippen molar-refractivity contribution < 1.29 is 63.2 Å². The summed E-state index contributed by atoms with van der Waals surface area (Å²) in [4.78, 5) is 69.9. The minimum atomic E-state index is -4.66. The van der Waals surface area contributed by atoms with E-state index in [9.17, 15) is 58.7 Å². The third-order valence-electron chi connectivity index (χ3n) is 7.00. The second-order valence-corrected chi connectivity index (χ2v) is 13.3. The molecule has 2 aromatic rings. The molecule has 0 aromatic carbocycles. The number of quaternary nitrogens is 1. The first kappa shape index (κ1) is 30.6. The number of hydrogen-bond donors (Lipinski definition) is 8. The zero-order chi connectivity index (χ0) is 29.6. The monoisotopic (exact) mass is 590 g/mol. The van der Waals surface area contributed by atoms with Gasteiger partial charge >= 0.3 is 27.1 Å². The molecule has 214 valence electrons.